The standard InChI is InChI=1S/C36H50N4O7.ClH/c1-5-6-17-40-34(43)31(32(41)26-13-20-46-21-14-26)38-35(44)36(40)15-18-39(19-16-36)23-25-7-10-28(11-8-25)47-29-12-9-27(22-30(29)45-4)33(42)37-24(2)3;/h7-12,22,24,26,31-32,41H,5-6,13-21,23H2,1-4H3,(H,37,42)(H,38,44);1H/t31-,32-;/m1./s1. The van der Waals surface area contributed by atoms with Crippen molar-refractivity contribution in [3.8, 4) is 17.2 Å². The summed E-state index contributed by atoms with van der Waals surface area (Å²) in [4.78, 5) is 44.1. The quantitative estimate of drug-likeness (QED) is 0.302. The van der Waals surface area contributed by atoms with E-state index in [4.69, 9.17) is 14.2 Å². The number of methoxy groups -OCH3 is 1. The zero-order valence-electron chi connectivity index (χ0n) is 28.5. The molecule has 5 rings (SSSR count). The molecule has 11 nitrogen and oxygen atoms in total. The maximum Gasteiger partial charge on any atom is 0.251 e. The Balaban J connectivity index is 0.00000520. The first kappa shape index (κ1) is 37.4. The van der Waals surface area contributed by atoms with E-state index in [-0.39, 0.29) is 42.1 Å². The van der Waals surface area contributed by atoms with Crippen molar-refractivity contribution >= 4 is 30.1 Å². The number of carbonyl (C=O) groups excluding carboxylic acids is 3. The summed E-state index contributed by atoms with van der Waals surface area (Å²) in [5.41, 5.74) is 0.710. The second kappa shape index (κ2) is 16.8. The predicted molar refractivity (Wildman–Crippen MR) is 185 cm³/mol. The Morgan fingerprint density at radius 1 is 1.08 bits per heavy atom. The van der Waals surface area contributed by atoms with Gasteiger partial charge in [-0.25, -0.2) is 0 Å². The number of piperazine rings is 1. The fraction of sp³-hybridized carbons (Fsp3) is 0.583. The van der Waals surface area contributed by atoms with E-state index >= 15 is 0 Å². The summed E-state index contributed by atoms with van der Waals surface area (Å²) in [5.74, 6) is 1.08. The van der Waals surface area contributed by atoms with Crippen LogP contribution in [0.25, 0.3) is 0 Å². The highest BCUT2D eigenvalue weighted by atomic mass is 35.5. The zero-order chi connectivity index (χ0) is 33.6. The number of likely N-dealkylation sites (tertiary alicyclic amines) is 1. The Morgan fingerprint density at radius 3 is 2.40 bits per heavy atom. The third-order valence-electron chi connectivity index (χ3n) is 9.67. The van der Waals surface area contributed by atoms with Crippen LogP contribution in [0.2, 0.25) is 0 Å². The smallest absolute Gasteiger partial charge is 0.251 e. The summed E-state index contributed by atoms with van der Waals surface area (Å²) in [6, 6.07) is 12.1. The lowest BCUT2D eigenvalue weighted by atomic mass is 9.79. The average Bonchev–Trinajstić information content (AvgIpc) is 3.08. The van der Waals surface area contributed by atoms with E-state index in [9.17, 15) is 19.5 Å². The second-order valence-corrected chi connectivity index (χ2v) is 13.3. The minimum Gasteiger partial charge on any atom is -0.493 e. The van der Waals surface area contributed by atoms with Gasteiger partial charge in [0, 0.05) is 51.0 Å². The number of piperidine rings is 1. The Kier molecular flexibility index (Phi) is 13.1. The Bertz CT molecular complexity index is 1390. The van der Waals surface area contributed by atoms with E-state index in [0.717, 1.165) is 18.4 Å². The first-order valence-corrected chi connectivity index (χ1v) is 17.0. The number of carbonyl (C=O) groups is 3. The second-order valence-electron chi connectivity index (χ2n) is 13.3. The first-order chi connectivity index (χ1) is 22.6. The Hall–Kier alpha value is -3.38. The fourth-order valence-corrected chi connectivity index (χ4v) is 6.90. The number of aliphatic hydroxyl groups excluding tert-OH is 1. The molecule has 3 aliphatic rings. The molecular formula is C36H51ClN4O7. The molecule has 0 bridgehead atoms. The molecule has 2 atom stereocenters. The first-order valence-electron chi connectivity index (χ1n) is 17.0. The van der Waals surface area contributed by atoms with E-state index < -0.39 is 17.7 Å². The lowest BCUT2D eigenvalue weighted by Crippen LogP contribution is -2.75. The predicted octanol–water partition coefficient (Wildman–Crippen LogP) is 4.30. The Morgan fingerprint density at radius 2 is 1.77 bits per heavy atom. The molecule has 3 heterocycles. The van der Waals surface area contributed by atoms with Crippen molar-refractivity contribution in [2.75, 3.05) is 40.0 Å². The highest BCUT2D eigenvalue weighted by Crippen LogP contribution is 2.36. The summed E-state index contributed by atoms with van der Waals surface area (Å²) >= 11 is 0. The normalized spacial score (nSPS) is 20.6. The van der Waals surface area contributed by atoms with Crippen LogP contribution >= 0.6 is 12.4 Å². The van der Waals surface area contributed by atoms with Gasteiger partial charge < -0.3 is 34.9 Å². The van der Waals surface area contributed by atoms with Crippen molar-refractivity contribution in [3.63, 3.8) is 0 Å². The summed E-state index contributed by atoms with van der Waals surface area (Å²) in [5, 5.41) is 17.0. The molecule has 0 unspecified atom stereocenters. The van der Waals surface area contributed by atoms with E-state index in [0.29, 0.717) is 87.9 Å². The molecule has 264 valence electrons. The molecule has 1 spiro atoms. The SMILES string of the molecule is CCCCN1C(=O)[C@@H]([C@H](O)C2CCOCC2)NC(=O)C12CCN(Cc1ccc(Oc3ccc(C(=O)NC(C)C)cc3OC)cc1)CC2.Cl. The van der Waals surface area contributed by atoms with Gasteiger partial charge in [0.1, 0.15) is 17.3 Å². The monoisotopic (exact) mass is 686 g/mol. The maximum absolute atomic E-state index is 13.9. The number of unbranched alkanes of at least 4 members (excludes halogenated alkanes) is 1. The number of aliphatic hydroxyl groups is 1. The third kappa shape index (κ3) is 8.42. The van der Waals surface area contributed by atoms with Crippen molar-refractivity contribution in [2.24, 2.45) is 5.92 Å². The van der Waals surface area contributed by atoms with Gasteiger partial charge in [0.15, 0.2) is 11.5 Å². The zero-order valence-corrected chi connectivity index (χ0v) is 29.4. The summed E-state index contributed by atoms with van der Waals surface area (Å²) in [6.45, 7) is 9.58. The van der Waals surface area contributed by atoms with Gasteiger partial charge in [0.2, 0.25) is 11.8 Å². The van der Waals surface area contributed by atoms with Crippen molar-refractivity contribution in [1.82, 2.24) is 20.4 Å². The number of halogens is 1. The van der Waals surface area contributed by atoms with Crippen LogP contribution in [0.4, 0.5) is 0 Å². The van der Waals surface area contributed by atoms with Gasteiger partial charge in [-0.1, -0.05) is 25.5 Å². The summed E-state index contributed by atoms with van der Waals surface area (Å²) < 4.78 is 17.0. The number of hydrogen-bond donors (Lipinski definition) is 3. The van der Waals surface area contributed by atoms with Crippen LogP contribution in [0.1, 0.15) is 75.2 Å². The van der Waals surface area contributed by atoms with Gasteiger partial charge >= 0.3 is 0 Å². The third-order valence-corrected chi connectivity index (χ3v) is 9.67. The van der Waals surface area contributed by atoms with Crippen molar-refractivity contribution in [2.45, 2.75) is 89.6 Å². The van der Waals surface area contributed by atoms with Crippen LogP contribution in [0.15, 0.2) is 42.5 Å². The summed E-state index contributed by atoms with van der Waals surface area (Å²) in [6.07, 6.45) is 3.25. The van der Waals surface area contributed by atoms with Gasteiger partial charge in [-0.3, -0.25) is 19.3 Å². The Labute approximate surface area is 290 Å². The highest BCUT2D eigenvalue weighted by molar-refractivity contribution is 6.00. The average molecular weight is 687 g/mol. The van der Waals surface area contributed by atoms with E-state index in [1.165, 1.54) is 0 Å². The van der Waals surface area contributed by atoms with Crippen LogP contribution < -0.4 is 20.1 Å². The number of rotatable bonds is 12. The van der Waals surface area contributed by atoms with Crippen molar-refractivity contribution in [1.29, 1.82) is 0 Å². The summed E-state index contributed by atoms with van der Waals surface area (Å²) in [7, 11) is 1.54. The number of nitrogens with one attached hydrogen (secondary N) is 2. The molecule has 0 saturated carbocycles. The molecule has 2 aromatic carbocycles. The maximum atomic E-state index is 13.9. The molecule has 0 aliphatic carbocycles. The van der Waals surface area contributed by atoms with Crippen LogP contribution in [0.5, 0.6) is 17.2 Å². The van der Waals surface area contributed by atoms with Gasteiger partial charge in [-0.2, -0.15) is 0 Å². The minimum absolute atomic E-state index is 0. The van der Waals surface area contributed by atoms with E-state index in [1.807, 2.05) is 38.1 Å². The van der Waals surface area contributed by atoms with Gasteiger partial charge in [-0.15, -0.1) is 12.4 Å². The lowest BCUT2D eigenvalue weighted by molar-refractivity contribution is -0.166. The highest BCUT2D eigenvalue weighted by Gasteiger charge is 2.55. The molecular weight excluding hydrogens is 636 g/mol. The molecule has 3 amide bonds. The molecule has 48 heavy (non-hydrogen) atoms. The van der Waals surface area contributed by atoms with E-state index in [1.54, 1.807) is 30.2 Å². The minimum atomic E-state index is -0.916. The number of hydrogen-bond acceptors (Lipinski definition) is 8. The van der Waals surface area contributed by atoms with Crippen molar-refractivity contribution in [3.05, 3.63) is 53.6 Å². The topological polar surface area (TPSA) is 130 Å². The van der Waals surface area contributed by atoms with Crippen LogP contribution in [0.3, 0.4) is 0 Å². The largest absolute Gasteiger partial charge is 0.493 e. The molecule has 3 saturated heterocycles. The van der Waals surface area contributed by atoms with E-state index in [2.05, 4.69) is 22.5 Å². The van der Waals surface area contributed by atoms with Crippen LogP contribution in [-0.4, -0.2) is 96.3 Å². The lowest BCUT2D eigenvalue weighted by Gasteiger charge is -2.52. The number of nitrogens with zero attached hydrogens (tertiary/aromatic N) is 2. The molecule has 0 aromatic heterocycles. The number of ether oxygens (including phenoxy) is 3. The molecule has 12 heteroatoms. The molecule has 3 fully saturated rings. The number of amides is 3. The molecule has 2 aromatic rings. The van der Waals surface area contributed by atoms with Crippen molar-refractivity contribution < 1.29 is 33.7 Å². The number of benzene rings is 2. The molecule has 0 radical (unpaired) electrons. The van der Waals surface area contributed by atoms with Crippen LogP contribution in [0, 0.1) is 5.92 Å². The molecule has 3 aliphatic heterocycles. The van der Waals surface area contributed by atoms with Gasteiger partial charge in [0.25, 0.3) is 5.91 Å². The van der Waals surface area contributed by atoms with Gasteiger partial charge in [-0.05, 0) is 87.8 Å². The van der Waals surface area contributed by atoms with Gasteiger partial charge in [0.05, 0.1) is 13.2 Å². The fourth-order valence-electron chi connectivity index (χ4n) is 6.90. The van der Waals surface area contributed by atoms with Crippen LogP contribution in [-0.2, 0) is 20.9 Å². The molecule has 3 N–H and O–H groups in total.